The Hall–Kier alpha value is -8.41. The normalized spacial score (nSPS) is 11.5. The van der Waals surface area contributed by atoms with Crippen LogP contribution in [0.2, 0.25) is 0 Å². The van der Waals surface area contributed by atoms with Crippen molar-refractivity contribution in [1.82, 2.24) is 24.1 Å². The monoisotopic (exact) mass is 791 g/mol. The Kier molecular flexibility index (Phi) is 8.42. The first-order chi connectivity index (χ1) is 30.8. The summed E-state index contributed by atoms with van der Waals surface area (Å²) in [5, 5.41) is 6.02. The van der Waals surface area contributed by atoms with Gasteiger partial charge in [0.15, 0.2) is 0 Å². The predicted octanol–water partition coefficient (Wildman–Crippen LogP) is 14.4. The highest BCUT2D eigenvalue weighted by Gasteiger charge is 2.24. The van der Waals surface area contributed by atoms with E-state index >= 15 is 0 Å². The van der Waals surface area contributed by atoms with Gasteiger partial charge in [0.25, 0.3) is 0 Å². The van der Waals surface area contributed by atoms with Crippen molar-refractivity contribution in [3.63, 3.8) is 0 Å². The van der Waals surface area contributed by atoms with Crippen LogP contribution in [-0.4, -0.2) is 24.1 Å². The lowest BCUT2D eigenvalue weighted by Crippen LogP contribution is -1.99. The Bertz CT molecular complexity index is 3590. The van der Waals surface area contributed by atoms with Crippen LogP contribution in [0.5, 0.6) is 0 Å². The molecule has 0 saturated heterocycles. The van der Waals surface area contributed by atoms with Crippen molar-refractivity contribution in [2.45, 2.75) is 0 Å². The molecule has 0 N–H and O–H groups in total. The molecule has 290 valence electrons. The molecule has 5 heteroatoms. The van der Waals surface area contributed by atoms with Crippen molar-refractivity contribution in [2.75, 3.05) is 0 Å². The summed E-state index contributed by atoms with van der Waals surface area (Å²) in [6.45, 7) is 0. The Morgan fingerprint density at radius 3 is 1.76 bits per heavy atom. The highest BCUT2D eigenvalue weighted by molar-refractivity contribution is 6.23. The number of pyridine rings is 2. The van der Waals surface area contributed by atoms with Crippen LogP contribution in [0.1, 0.15) is 0 Å². The average Bonchev–Trinajstić information content (AvgIpc) is 3.92. The molecule has 0 radical (unpaired) electrons. The zero-order valence-electron chi connectivity index (χ0n) is 33.6. The quantitative estimate of drug-likeness (QED) is 0.151. The van der Waals surface area contributed by atoms with Crippen LogP contribution in [-0.2, 0) is 0 Å². The molecule has 0 aliphatic carbocycles. The lowest BCUT2D eigenvalue weighted by atomic mass is 9.93. The van der Waals surface area contributed by atoms with Gasteiger partial charge >= 0.3 is 0 Å². The molecule has 4 heterocycles. The molecule has 12 aromatic rings. The molecule has 12 rings (SSSR count). The van der Waals surface area contributed by atoms with Crippen LogP contribution in [0.3, 0.4) is 0 Å². The van der Waals surface area contributed by atoms with E-state index in [-0.39, 0.29) is 0 Å². The molecule has 0 amide bonds. The van der Waals surface area contributed by atoms with Crippen LogP contribution in [0.4, 0.5) is 0 Å². The van der Waals surface area contributed by atoms with Gasteiger partial charge in [-0.05, 0) is 118 Å². The van der Waals surface area contributed by atoms with Crippen LogP contribution in [0, 0.1) is 0 Å². The number of rotatable bonds is 7. The Morgan fingerprint density at radius 1 is 0.355 bits per heavy atom. The van der Waals surface area contributed by atoms with Crippen LogP contribution in [0.15, 0.2) is 225 Å². The molecular weight excluding hydrogens is 755 g/mol. The van der Waals surface area contributed by atoms with E-state index in [0.29, 0.717) is 0 Å². The minimum absolute atomic E-state index is 0.910. The number of aromatic nitrogens is 5. The van der Waals surface area contributed by atoms with Crippen molar-refractivity contribution >= 4 is 43.5 Å². The van der Waals surface area contributed by atoms with E-state index in [1.54, 1.807) is 0 Å². The second-order valence-electron chi connectivity index (χ2n) is 15.6. The minimum atomic E-state index is 0.910. The number of fused-ring (bicyclic) bond motifs is 6. The summed E-state index contributed by atoms with van der Waals surface area (Å²) in [6, 6.07) is 75.6. The van der Waals surface area contributed by atoms with Crippen molar-refractivity contribution in [3.8, 4) is 67.7 Å². The number of para-hydroxylation sites is 3. The van der Waals surface area contributed by atoms with Gasteiger partial charge in [-0.15, -0.1) is 0 Å². The van der Waals surface area contributed by atoms with Crippen molar-refractivity contribution < 1.29 is 0 Å². The van der Waals surface area contributed by atoms with E-state index in [2.05, 4.69) is 214 Å². The van der Waals surface area contributed by atoms with Gasteiger partial charge in [-0.25, -0.2) is 9.97 Å². The van der Waals surface area contributed by atoms with Gasteiger partial charge in [0, 0.05) is 51.4 Å². The maximum atomic E-state index is 5.17. The first kappa shape index (κ1) is 35.5. The third-order valence-corrected chi connectivity index (χ3v) is 12.0. The standard InChI is InChI=1S/C57H37N5/c1-4-13-39(14-5-1)54-55-48-30-25-42-37-43(50-21-12-20-49(59-50)38-33-35-58-36-34-38)26-29-46(42)47(48)31-32-53(55)61(56(54)40-15-6-2-7-16-40)45-27-23-41(24-28-45)57-60-51-19-10-11-22-52(51)62(57)44-17-8-3-9-18-44/h1-37H. The Labute approximate surface area is 358 Å². The van der Waals surface area contributed by atoms with Crippen LogP contribution in [0.25, 0.3) is 111 Å². The fraction of sp³-hybridized carbons (Fsp3) is 0. The lowest BCUT2D eigenvalue weighted by molar-refractivity contribution is 1.10. The van der Waals surface area contributed by atoms with Crippen LogP contribution >= 0.6 is 0 Å². The molecule has 0 aliphatic heterocycles. The summed E-state index contributed by atoms with van der Waals surface area (Å²) in [4.78, 5) is 14.4. The zero-order chi connectivity index (χ0) is 41.0. The summed E-state index contributed by atoms with van der Waals surface area (Å²) in [5.74, 6) is 0.910. The number of hydrogen-bond donors (Lipinski definition) is 0. The van der Waals surface area contributed by atoms with Gasteiger partial charge in [0.1, 0.15) is 5.82 Å². The molecule has 8 aromatic carbocycles. The molecule has 0 bridgehead atoms. The maximum Gasteiger partial charge on any atom is 0.145 e. The Morgan fingerprint density at radius 2 is 0.984 bits per heavy atom. The molecular formula is C57H37N5. The predicted molar refractivity (Wildman–Crippen MR) is 256 cm³/mol. The van der Waals surface area contributed by atoms with E-state index < -0.39 is 0 Å². The summed E-state index contributed by atoms with van der Waals surface area (Å²) >= 11 is 0. The fourth-order valence-corrected chi connectivity index (χ4v) is 9.21. The van der Waals surface area contributed by atoms with E-state index in [9.17, 15) is 0 Å². The van der Waals surface area contributed by atoms with Crippen LogP contribution < -0.4 is 0 Å². The van der Waals surface area contributed by atoms with Gasteiger partial charge in [-0.2, -0.15) is 0 Å². The number of imidazole rings is 1. The molecule has 0 saturated carbocycles. The SMILES string of the molecule is c1ccc(-c2c(-c3ccccc3)n(-c3ccc(-c4nc5ccccc5n4-c4ccccc4)cc3)c3ccc4c5ccc(-c6cccc(-c7ccncc7)n6)cc5ccc4c23)cc1. The van der Waals surface area contributed by atoms with E-state index in [0.717, 1.165) is 73.1 Å². The third kappa shape index (κ3) is 5.90. The van der Waals surface area contributed by atoms with Gasteiger partial charge < -0.3 is 4.57 Å². The summed E-state index contributed by atoms with van der Waals surface area (Å²) in [6.07, 6.45) is 3.62. The minimum Gasteiger partial charge on any atom is -0.309 e. The highest BCUT2D eigenvalue weighted by atomic mass is 15.1. The van der Waals surface area contributed by atoms with Gasteiger partial charge in [-0.3, -0.25) is 9.55 Å². The summed E-state index contributed by atoms with van der Waals surface area (Å²) in [7, 11) is 0. The largest absolute Gasteiger partial charge is 0.309 e. The molecule has 0 aliphatic rings. The molecule has 0 fully saturated rings. The first-order valence-corrected chi connectivity index (χ1v) is 20.9. The second-order valence-corrected chi connectivity index (χ2v) is 15.6. The lowest BCUT2D eigenvalue weighted by Gasteiger charge is -2.14. The highest BCUT2D eigenvalue weighted by Crippen LogP contribution is 2.47. The molecule has 4 aromatic heterocycles. The first-order valence-electron chi connectivity index (χ1n) is 20.9. The van der Waals surface area contributed by atoms with Gasteiger partial charge in [0.2, 0.25) is 0 Å². The zero-order valence-corrected chi connectivity index (χ0v) is 33.6. The smallest absolute Gasteiger partial charge is 0.145 e. The average molecular weight is 792 g/mol. The third-order valence-electron chi connectivity index (χ3n) is 12.0. The van der Waals surface area contributed by atoms with E-state index in [1.165, 1.54) is 38.1 Å². The summed E-state index contributed by atoms with van der Waals surface area (Å²) in [5.41, 5.74) is 15.1. The Balaban J connectivity index is 1.06. The number of hydrogen-bond acceptors (Lipinski definition) is 3. The van der Waals surface area contributed by atoms with E-state index in [1.807, 2.05) is 24.5 Å². The number of benzene rings is 8. The second kappa shape index (κ2) is 14.7. The molecule has 0 spiro atoms. The molecule has 0 atom stereocenters. The molecule has 62 heavy (non-hydrogen) atoms. The maximum absolute atomic E-state index is 5.17. The molecule has 5 nitrogen and oxygen atoms in total. The van der Waals surface area contributed by atoms with Gasteiger partial charge in [-0.1, -0.05) is 127 Å². The number of nitrogens with zero attached hydrogens (tertiary/aromatic N) is 5. The fourth-order valence-electron chi connectivity index (χ4n) is 9.21. The van der Waals surface area contributed by atoms with Crippen molar-refractivity contribution in [3.05, 3.63) is 225 Å². The van der Waals surface area contributed by atoms with Crippen molar-refractivity contribution in [1.29, 1.82) is 0 Å². The molecule has 0 unspecified atom stereocenters. The topological polar surface area (TPSA) is 48.5 Å². The van der Waals surface area contributed by atoms with E-state index in [4.69, 9.17) is 9.97 Å². The van der Waals surface area contributed by atoms with Gasteiger partial charge in [0.05, 0.1) is 33.6 Å². The summed E-state index contributed by atoms with van der Waals surface area (Å²) < 4.78 is 4.71. The van der Waals surface area contributed by atoms with Crippen molar-refractivity contribution in [2.24, 2.45) is 0 Å².